The fourth-order valence-corrected chi connectivity index (χ4v) is 0.602. The highest BCUT2D eigenvalue weighted by molar-refractivity contribution is 9.10. The number of nitrogens with zero attached hydrogens (tertiary/aromatic N) is 1. The monoisotopic (exact) mass is 177 g/mol. The Morgan fingerprint density at radius 2 is 2.62 bits per heavy atom. The molecule has 0 saturated carbocycles. The highest BCUT2D eigenvalue weighted by Gasteiger charge is 1.87. The first kappa shape index (κ1) is 3.56. The Hall–Kier alpha value is -0.440. The van der Waals surface area contributed by atoms with Crippen molar-refractivity contribution < 1.29 is 7.13 Å². The van der Waals surface area contributed by atoms with Gasteiger partial charge in [0.15, 0.2) is 0 Å². The van der Waals surface area contributed by atoms with Crippen LogP contribution in [0, 0.1) is 5.82 Å². The van der Waals surface area contributed by atoms with E-state index in [9.17, 15) is 4.39 Å². The lowest BCUT2D eigenvalue weighted by atomic mass is 10.5. The molecular weight excluding hydrogens is 173 g/mol. The van der Waals surface area contributed by atoms with Gasteiger partial charge in [-0.3, -0.25) is 4.98 Å². The van der Waals surface area contributed by atoms with Crippen molar-refractivity contribution in [2.24, 2.45) is 0 Å². The van der Waals surface area contributed by atoms with Crippen molar-refractivity contribution in [2.75, 3.05) is 0 Å². The molecule has 0 bridgehead atoms. The molecule has 0 aliphatic rings. The number of halogens is 2. The predicted molar refractivity (Wildman–Crippen MR) is 31.9 cm³/mol. The Bertz CT molecular complexity index is 239. The summed E-state index contributed by atoms with van der Waals surface area (Å²) >= 11 is 2.85. The van der Waals surface area contributed by atoms with Crippen LogP contribution in [-0.2, 0) is 0 Å². The molecule has 0 N–H and O–H groups in total. The zero-order chi connectivity index (χ0) is 7.72. The van der Waals surface area contributed by atoms with Gasteiger partial charge >= 0.3 is 0 Å². The van der Waals surface area contributed by atoms with Gasteiger partial charge in [0.05, 0.1) is 8.94 Å². The minimum absolute atomic E-state index is 0.0903. The van der Waals surface area contributed by atoms with Crippen LogP contribution in [0.25, 0.3) is 0 Å². The van der Waals surface area contributed by atoms with Gasteiger partial charge in [-0.25, -0.2) is 4.39 Å². The lowest BCUT2D eigenvalue weighted by Crippen LogP contribution is -1.74. The summed E-state index contributed by atoms with van der Waals surface area (Å²) in [5.74, 6) is -0.720. The molecule has 0 spiro atoms. The molecule has 8 heavy (non-hydrogen) atoms. The number of hydrogen-bond acceptors (Lipinski definition) is 1. The van der Waals surface area contributed by atoms with Crippen LogP contribution >= 0.6 is 15.9 Å². The normalized spacial score (nSPS) is 12.8. The summed E-state index contributed by atoms with van der Waals surface area (Å²) in [6, 6.07) is -0.319. The number of aromatic nitrogens is 1. The minimum Gasteiger partial charge on any atom is -0.260 e. The zero-order valence-corrected chi connectivity index (χ0v) is 5.37. The van der Waals surface area contributed by atoms with Crippen LogP contribution in [0.2, 0.25) is 0 Å². The van der Waals surface area contributed by atoms with Crippen LogP contribution in [0.3, 0.4) is 0 Å². The van der Waals surface area contributed by atoms with E-state index in [0.29, 0.717) is 0 Å². The van der Waals surface area contributed by atoms with Gasteiger partial charge in [0.1, 0.15) is 5.82 Å². The van der Waals surface area contributed by atoms with Crippen molar-refractivity contribution in [1.29, 1.82) is 0 Å². The van der Waals surface area contributed by atoms with Crippen molar-refractivity contribution in [3.05, 3.63) is 28.7 Å². The smallest absolute Gasteiger partial charge is 0.142 e. The van der Waals surface area contributed by atoms with E-state index in [2.05, 4.69) is 20.9 Å². The Labute approximate surface area is 57.5 Å². The van der Waals surface area contributed by atoms with Crippen molar-refractivity contribution in [3.8, 4) is 0 Å². The van der Waals surface area contributed by atoms with E-state index in [0.717, 1.165) is 6.20 Å². The maximum absolute atomic E-state index is 12.4. The average Bonchev–Trinajstić information content (AvgIpc) is 1.93. The summed E-state index contributed by atoms with van der Waals surface area (Å²) in [6.45, 7) is 0. The minimum atomic E-state index is -0.720. The second-order valence-corrected chi connectivity index (χ2v) is 1.95. The molecule has 0 radical (unpaired) electrons. The van der Waals surface area contributed by atoms with Crippen molar-refractivity contribution in [2.45, 2.75) is 0 Å². The van der Waals surface area contributed by atoms with Crippen LogP contribution in [0.5, 0.6) is 0 Å². The first-order chi connectivity index (χ1) is 4.63. The largest absolute Gasteiger partial charge is 0.260 e. The van der Waals surface area contributed by atoms with Crippen molar-refractivity contribution in [3.63, 3.8) is 0 Å². The van der Waals surface area contributed by atoms with Crippen LogP contribution in [0.4, 0.5) is 4.39 Å². The molecule has 1 aromatic rings. The maximum Gasteiger partial charge on any atom is 0.142 e. The molecular formula is C5H3BrFN. The summed E-state index contributed by atoms with van der Waals surface area (Å²) in [7, 11) is 0. The highest BCUT2D eigenvalue weighted by atomic mass is 79.9. The van der Waals surface area contributed by atoms with Gasteiger partial charge < -0.3 is 0 Å². The van der Waals surface area contributed by atoms with Crippen LogP contribution in [-0.4, -0.2) is 4.98 Å². The fourth-order valence-electron chi connectivity index (χ4n) is 0.311. The van der Waals surface area contributed by atoms with Gasteiger partial charge in [-0.1, -0.05) is 0 Å². The average molecular weight is 178 g/mol. The van der Waals surface area contributed by atoms with Gasteiger partial charge in [0.25, 0.3) is 0 Å². The van der Waals surface area contributed by atoms with E-state index < -0.39 is 5.82 Å². The van der Waals surface area contributed by atoms with Gasteiger partial charge in [-0.15, -0.1) is 0 Å². The van der Waals surface area contributed by atoms with E-state index in [1.54, 1.807) is 0 Å². The third kappa shape index (κ3) is 1.26. The lowest BCUT2D eigenvalue weighted by molar-refractivity contribution is 0.620. The van der Waals surface area contributed by atoms with E-state index in [-0.39, 0.29) is 16.7 Å². The Kier molecular flexibility index (Phi) is 0.987. The Morgan fingerprint density at radius 1 is 1.88 bits per heavy atom. The molecule has 0 fully saturated rings. The maximum atomic E-state index is 12.4. The second-order valence-electron chi connectivity index (χ2n) is 1.16. The van der Waals surface area contributed by atoms with Gasteiger partial charge in [-0.2, -0.15) is 0 Å². The quantitative estimate of drug-likeness (QED) is 0.591. The lowest BCUT2D eigenvalue weighted by Gasteiger charge is -1.85. The van der Waals surface area contributed by atoms with Crippen LogP contribution < -0.4 is 0 Å². The summed E-state index contributed by atoms with van der Waals surface area (Å²) in [4.78, 5) is 3.36. The van der Waals surface area contributed by atoms with Crippen LogP contribution in [0.1, 0.15) is 2.74 Å². The summed E-state index contributed by atoms with van der Waals surface area (Å²) in [6.07, 6.45) is 0.738. The third-order valence-corrected chi connectivity index (χ3v) is 0.945. The predicted octanol–water partition coefficient (Wildman–Crippen LogP) is 1.98. The standard InChI is InChI=1S/C5H3BrFN/c6-4-1-5(7)3-8-2-4/h1-3H/i1D,2D. The summed E-state index contributed by atoms with van der Waals surface area (Å²) in [5, 5.41) is 0. The van der Waals surface area contributed by atoms with E-state index >= 15 is 0 Å². The van der Waals surface area contributed by atoms with E-state index in [4.69, 9.17) is 2.74 Å². The molecule has 0 aromatic carbocycles. The van der Waals surface area contributed by atoms with Crippen molar-refractivity contribution in [1.82, 2.24) is 4.98 Å². The first-order valence-corrected chi connectivity index (χ1v) is 2.69. The number of hydrogen-bond donors (Lipinski definition) is 0. The summed E-state index contributed by atoms with van der Waals surface area (Å²) < 4.78 is 26.5. The highest BCUT2D eigenvalue weighted by Crippen LogP contribution is 2.06. The number of rotatable bonds is 0. The van der Waals surface area contributed by atoms with E-state index in [1.807, 2.05) is 0 Å². The van der Waals surface area contributed by atoms with E-state index in [1.165, 1.54) is 0 Å². The first-order valence-electron chi connectivity index (χ1n) is 2.90. The molecule has 42 valence electrons. The molecule has 0 saturated heterocycles. The molecule has 0 amide bonds. The zero-order valence-electron chi connectivity index (χ0n) is 5.78. The third-order valence-electron chi connectivity index (χ3n) is 0.570. The number of pyridine rings is 1. The second kappa shape index (κ2) is 2.22. The Balaban J connectivity index is 3.34. The molecule has 0 unspecified atom stereocenters. The molecule has 0 atom stereocenters. The Morgan fingerprint density at radius 3 is 3.25 bits per heavy atom. The van der Waals surface area contributed by atoms with Gasteiger partial charge in [-0.05, 0) is 22.0 Å². The molecule has 1 heterocycles. The molecule has 1 nitrogen and oxygen atoms in total. The molecule has 1 aromatic heterocycles. The SMILES string of the molecule is [2H]c1ncc(F)c([2H])c1Br. The fraction of sp³-hybridized carbons (Fsp3) is 0. The van der Waals surface area contributed by atoms with Gasteiger partial charge in [0, 0.05) is 10.6 Å². The van der Waals surface area contributed by atoms with Gasteiger partial charge in [0.2, 0.25) is 0 Å². The summed E-state index contributed by atoms with van der Waals surface area (Å²) in [5.41, 5.74) is 0. The van der Waals surface area contributed by atoms with Crippen molar-refractivity contribution >= 4 is 15.9 Å². The molecule has 1 rings (SSSR count). The molecule has 0 aliphatic heterocycles. The molecule has 0 aliphatic carbocycles. The van der Waals surface area contributed by atoms with Crippen LogP contribution in [0.15, 0.2) is 22.9 Å². The topological polar surface area (TPSA) is 12.9 Å². The molecule has 3 heteroatoms.